The van der Waals surface area contributed by atoms with Gasteiger partial charge in [-0.05, 0) is 30.7 Å². The van der Waals surface area contributed by atoms with Gasteiger partial charge in [0.1, 0.15) is 5.75 Å². The molecule has 0 bridgehead atoms. The predicted molar refractivity (Wildman–Crippen MR) is 87.1 cm³/mol. The lowest BCUT2D eigenvalue weighted by Crippen LogP contribution is -2.09. The van der Waals surface area contributed by atoms with Crippen LogP contribution in [0.4, 0.5) is 5.69 Å². The number of halogens is 1. The average Bonchev–Trinajstić information content (AvgIpc) is 2.43. The third-order valence-corrected chi connectivity index (χ3v) is 5.42. The van der Waals surface area contributed by atoms with Crippen molar-refractivity contribution in [3.63, 3.8) is 0 Å². The molecule has 0 saturated carbocycles. The van der Waals surface area contributed by atoms with Gasteiger partial charge in [0.15, 0.2) is 9.84 Å². The van der Waals surface area contributed by atoms with Gasteiger partial charge < -0.3 is 10.5 Å². The van der Waals surface area contributed by atoms with Crippen LogP contribution in [0.1, 0.15) is 12.5 Å². The molecule has 0 heterocycles. The van der Waals surface area contributed by atoms with Crippen LogP contribution in [0.3, 0.4) is 0 Å². The first-order chi connectivity index (χ1) is 9.94. The van der Waals surface area contributed by atoms with Crippen LogP contribution in [0.2, 0.25) is 0 Å². The second-order valence-electron chi connectivity index (χ2n) is 4.48. The largest absolute Gasteiger partial charge is 0.494 e. The summed E-state index contributed by atoms with van der Waals surface area (Å²) < 4.78 is 31.2. The lowest BCUT2D eigenvalue weighted by molar-refractivity contribution is 0.339. The summed E-state index contributed by atoms with van der Waals surface area (Å²) in [5, 5.41) is 0. The Balaban J connectivity index is 2.40. The molecule has 0 amide bonds. The maximum atomic E-state index is 12.6. The molecule has 0 fully saturated rings. The van der Waals surface area contributed by atoms with Crippen LogP contribution in [0.5, 0.6) is 5.75 Å². The number of hydrogen-bond donors (Lipinski definition) is 1. The summed E-state index contributed by atoms with van der Waals surface area (Å²) in [6, 6.07) is 11.9. The average molecular weight is 370 g/mol. The smallest absolute Gasteiger partial charge is 0.184 e. The molecule has 0 radical (unpaired) electrons. The topological polar surface area (TPSA) is 69.4 Å². The molecule has 2 aromatic rings. The Hall–Kier alpha value is -1.53. The van der Waals surface area contributed by atoms with Gasteiger partial charge in [-0.25, -0.2) is 8.42 Å². The van der Waals surface area contributed by atoms with Crippen molar-refractivity contribution in [1.82, 2.24) is 0 Å². The van der Waals surface area contributed by atoms with Gasteiger partial charge in [0.25, 0.3) is 0 Å². The van der Waals surface area contributed by atoms with Gasteiger partial charge in [-0.3, -0.25) is 0 Å². The fourth-order valence-electron chi connectivity index (χ4n) is 1.94. The SMILES string of the molecule is CCOc1ccc(N)c(S(=O)(=O)Cc2ccccc2Br)c1. The van der Waals surface area contributed by atoms with Crippen molar-refractivity contribution in [2.45, 2.75) is 17.6 Å². The third kappa shape index (κ3) is 3.77. The highest BCUT2D eigenvalue weighted by atomic mass is 79.9. The second kappa shape index (κ2) is 6.49. The molecule has 0 aliphatic heterocycles. The fraction of sp³-hybridized carbons (Fsp3) is 0.200. The molecular weight excluding hydrogens is 354 g/mol. The molecule has 112 valence electrons. The Kier molecular flexibility index (Phi) is 4.90. The Morgan fingerprint density at radius 3 is 2.57 bits per heavy atom. The number of sulfone groups is 1. The first-order valence-electron chi connectivity index (χ1n) is 6.42. The molecular formula is C15H16BrNO3S. The minimum absolute atomic E-state index is 0.101. The first-order valence-corrected chi connectivity index (χ1v) is 8.87. The summed E-state index contributed by atoms with van der Waals surface area (Å²) >= 11 is 3.36. The van der Waals surface area contributed by atoms with Crippen LogP contribution in [-0.4, -0.2) is 15.0 Å². The van der Waals surface area contributed by atoms with Crippen LogP contribution in [0, 0.1) is 0 Å². The summed E-state index contributed by atoms with van der Waals surface area (Å²) in [5.41, 5.74) is 6.74. The van der Waals surface area contributed by atoms with Crippen molar-refractivity contribution in [3.8, 4) is 5.75 Å². The van der Waals surface area contributed by atoms with Crippen molar-refractivity contribution in [3.05, 3.63) is 52.5 Å². The zero-order chi connectivity index (χ0) is 15.5. The van der Waals surface area contributed by atoms with Gasteiger partial charge in [-0.1, -0.05) is 34.1 Å². The summed E-state index contributed by atoms with van der Waals surface area (Å²) in [5.74, 6) is 0.381. The van der Waals surface area contributed by atoms with Crippen LogP contribution in [0.15, 0.2) is 51.8 Å². The quantitative estimate of drug-likeness (QED) is 0.819. The van der Waals surface area contributed by atoms with E-state index in [-0.39, 0.29) is 16.3 Å². The Bertz CT molecular complexity index is 744. The molecule has 0 aliphatic carbocycles. The third-order valence-electron chi connectivity index (χ3n) is 2.93. The molecule has 0 spiro atoms. The number of benzene rings is 2. The van der Waals surface area contributed by atoms with Crippen LogP contribution in [0.25, 0.3) is 0 Å². The van der Waals surface area contributed by atoms with Crippen molar-refractivity contribution in [1.29, 1.82) is 0 Å². The second-order valence-corrected chi connectivity index (χ2v) is 7.30. The molecule has 0 atom stereocenters. The van der Waals surface area contributed by atoms with Gasteiger partial charge in [0.2, 0.25) is 0 Å². The van der Waals surface area contributed by atoms with Crippen LogP contribution >= 0.6 is 15.9 Å². The molecule has 2 aromatic carbocycles. The van der Waals surface area contributed by atoms with E-state index in [0.29, 0.717) is 17.9 Å². The maximum absolute atomic E-state index is 12.6. The van der Waals surface area contributed by atoms with Gasteiger partial charge in [-0.15, -0.1) is 0 Å². The molecule has 0 aliphatic rings. The van der Waals surface area contributed by atoms with Gasteiger partial charge in [0.05, 0.1) is 22.9 Å². The highest BCUT2D eigenvalue weighted by molar-refractivity contribution is 9.10. The van der Waals surface area contributed by atoms with E-state index in [9.17, 15) is 8.42 Å². The fourth-order valence-corrected chi connectivity index (χ4v) is 4.09. The number of hydrogen-bond acceptors (Lipinski definition) is 4. The monoisotopic (exact) mass is 369 g/mol. The lowest BCUT2D eigenvalue weighted by atomic mass is 10.2. The zero-order valence-electron chi connectivity index (χ0n) is 11.5. The summed E-state index contributed by atoms with van der Waals surface area (Å²) in [7, 11) is -3.54. The molecule has 0 saturated heterocycles. The standard InChI is InChI=1S/C15H16BrNO3S/c1-2-20-12-7-8-14(17)15(9-12)21(18,19)10-11-5-3-4-6-13(11)16/h3-9H,2,10,17H2,1H3. The van der Waals surface area contributed by atoms with Crippen molar-refractivity contribution >= 4 is 31.5 Å². The normalized spacial score (nSPS) is 11.3. The first kappa shape index (κ1) is 15.9. The van der Waals surface area contributed by atoms with E-state index >= 15 is 0 Å². The molecule has 2 N–H and O–H groups in total. The summed E-state index contributed by atoms with van der Waals surface area (Å²) in [6.07, 6.45) is 0. The number of rotatable bonds is 5. The number of nitrogen functional groups attached to an aromatic ring is 1. The number of ether oxygens (including phenoxy) is 1. The van der Waals surface area contributed by atoms with Crippen molar-refractivity contribution in [2.24, 2.45) is 0 Å². The van der Waals surface area contributed by atoms with E-state index < -0.39 is 9.84 Å². The lowest BCUT2D eigenvalue weighted by Gasteiger charge is -2.11. The van der Waals surface area contributed by atoms with Gasteiger partial charge in [0, 0.05) is 10.5 Å². The van der Waals surface area contributed by atoms with E-state index in [1.54, 1.807) is 24.3 Å². The summed E-state index contributed by atoms with van der Waals surface area (Å²) in [6.45, 7) is 2.30. The number of anilines is 1. The molecule has 6 heteroatoms. The zero-order valence-corrected chi connectivity index (χ0v) is 13.9. The Morgan fingerprint density at radius 1 is 1.19 bits per heavy atom. The van der Waals surface area contributed by atoms with E-state index in [2.05, 4.69) is 15.9 Å². The van der Waals surface area contributed by atoms with E-state index in [1.807, 2.05) is 19.1 Å². The van der Waals surface area contributed by atoms with Gasteiger partial charge >= 0.3 is 0 Å². The number of nitrogens with two attached hydrogens (primary N) is 1. The Morgan fingerprint density at radius 2 is 1.90 bits per heavy atom. The van der Waals surface area contributed by atoms with E-state index in [0.717, 1.165) is 4.47 Å². The van der Waals surface area contributed by atoms with Crippen molar-refractivity contribution in [2.75, 3.05) is 12.3 Å². The molecule has 21 heavy (non-hydrogen) atoms. The summed E-state index contributed by atoms with van der Waals surface area (Å²) in [4.78, 5) is 0.101. The van der Waals surface area contributed by atoms with Gasteiger partial charge in [-0.2, -0.15) is 0 Å². The maximum Gasteiger partial charge on any atom is 0.184 e. The highest BCUT2D eigenvalue weighted by Crippen LogP contribution is 2.28. The molecule has 2 rings (SSSR count). The minimum atomic E-state index is -3.54. The predicted octanol–water partition coefficient (Wildman–Crippen LogP) is 3.40. The Labute approximate surface area is 133 Å². The molecule has 0 aromatic heterocycles. The molecule has 4 nitrogen and oxygen atoms in total. The van der Waals surface area contributed by atoms with Crippen molar-refractivity contribution < 1.29 is 13.2 Å². The van der Waals surface area contributed by atoms with Crippen LogP contribution in [-0.2, 0) is 15.6 Å². The minimum Gasteiger partial charge on any atom is -0.494 e. The highest BCUT2D eigenvalue weighted by Gasteiger charge is 2.20. The van der Waals surface area contributed by atoms with E-state index in [4.69, 9.17) is 10.5 Å². The van der Waals surface area contributed by atoms with Crippen LogP contribution < -0.4 is 10.5 Å². The van der Waals surface area contributed by atoms with E-state index in [1.165, 1.54) is 6.07 Å². The molecule has 0 unspecified atom stereocenters.